The van der Waals surface area contributed by atoms with E-state index >= 15 is 0 Å². The Labute approximate surface area is 125 Å². The molecule has 2 fully saturated rings. The van der Waals surface area contributed by atoms with Crippen molar-refractivity contribution in [3.8, 4) is 11.3 Å². The lowest BCUT2D eigenvalue weighted by Crippen LogP contribution is -2.08. The molecule has 4 heteroatoms. The number of hydrogen-bond donors (Lipinski definition) is 1. The van der Waals surface area contributed by atoms with Gasteiger partial charge < -0.3 is 10.3 Å². The number of nitrogens with zero attached hydrogens (tertiary/aromatic N) is 3. The van der Waals surface area contributed by atoms with Crippen molar-refractivity contribution in [2.75, 3.05) is 5.73 Å². The highest BCUT2D eigenvalue weighted by Crippen LogP contribution is 2.45. The van der Waals surface area contributed by atoms with Gasteiger partial charge in [0.15, 0.2) is 0 Å². The summed E-state index contributed by atoms with van der Waals surface area (Å²) in [7, 11) is 0. The monoisotopic (exact) mass is 282 g/mol. The summed E-state index contributed by atoms with van der Waals surface area (Å²) in [6.07, 6.45) is 11.4. The van der Waals surface area contributed by atoms with Crippen molar-refractivity contribution < 1.29 is 0 Å². The minimum absolute atomic E-state index is 0.582. The van der Waals surface area contributed by atoms with E-state index in [9.17, 15) is 0 Å². The van der Waals surface area contributed by atoms with Gasteiger partial charge in [0.2, 0.25) is 0 Å². The molecule has 0 saturated heterocycles. The van der Waals surface area contributed by atoms with Gasteiger partial charge in [-0.25, -0.2) is 4.98 Å². The molecular formula is C17H22N4. The second-order valence-electron chi connectivity index (χ2n) is 6.48. The predicted octanol–water partition coefficient (Wildman–Crippen LogP) is 3.83. The highest BCUT2D eigenvalue weighted by Gasteiger charge is 2.33. The molecule has 0 atom stereocenters. The number of nitrogen functional groups attached to an aromatic ring is 1. The van der Waals surface area contributed by atoms with E-state index in [4.69, 9.17) is 10.7 Å². The van der Waals surface area contributed by atoms with Gasteiger partial charge in [0.25, 0.3) is 0 Å². The summed E-state index contributed by atoms with van der Waals surface area (Å²) in [6, 6.07) is 2.61. The third kappa shape index (κ3) is 2.13. The molecule has 0 spiro atoms. The molecule has 2 aliphatic carbocycles. The molecule has 2 aliphatic rings. The van der Waals surface area contributed by atoms with Crippen LogP contribution in [-0.2, 0) is 0 Å². The molecule has 0 amide bonds. The largest absolute Gasteiger partial charge is 0.383 e. The quantitative estimate of drug-likeness (QED) is 0.930. The molecule has 4 rings (SSSR count). The third-order valence-electron chi connectivity index (χ3n) is 4.90. The van der Waals surface area contributed by atoms with E-state index in [1.165, 1.54) is 49.9 Å². The average Bonchev–Trinajstić information content (AvgIpc) is 3.05. The van der Waals surface area contributed by atoms with Gasteiger partial charge in [-0.1, -0.05) is 12.8 Å². The van der Waals surface area contributed by atoms with Crippen LogP contribution in [0.1, 0.15) is 61.9 Å². The number of pyridine rings is 1. The first-order valence-corrected chi connectivity index (χ1v) is 8.04. The first-order chi connectivity index (χ1) is 10.3. The van der Waals surface area contributed by atoms with Gasteiger partial charge in [0, 0.05) is 29.9 Å². The van der Waals surface area contributed by atoms with Crippen LogP contribution < -0.4 is 5.73 Å². The normalized spacial score (nSPS) is 19.3. The second-order valence-corrected chi connectivity index (χ2v) is 6.48. The lowest BCUT2D eigenvalue weighted by molar-refractivity contribution is 0.596. The summed E-state index contributed by atoms with van der Waals surface area (Å²) < 4.78 is 2.33. The molecule has 0 unspecified atom stereocenters. The Balaban J connectivity index is 1.85. The van der Waals surface area contributed by atoms with Crippen LogP contribution in [-0.4, -0.2) is 14.5 Å². The van der Waals surface area contributed by atoms with Crippen molar-refractivity contribution in [1.29, 1.82) is 0 Å². The number of aromatic nitrogens is 3. The van der Waals surface area contributed by atoms with E-state index in [1.54, 1.807) is 0 Å². The van der Waals surface area contributed by atoms with Crippen molar-refractivity contribution >= 4 is 5.82 Å². The minimum Gasteiger partial charge on any atom is -0.383 e. The van der Waals surface area contributed by atoms with Crippen LogP contribution in [0.3, 0.4) is 0 Å². The van der Waals surface area contributed by atoms with Crippen molar-refractivity contribution in [1.82, 2.24) is 14.5 Å². The maximum atomic E-state index is 6.49. The SMILES string of the molecule is Cc1ccncc1-c1nc(C2CCCC2)n(C2CC2)c1N. The van der Waals surface area contributed by atoms with Gasteiger partial charge in [-0.05, 0) is 44.2 Å². The molecule has 0 radical (unpaired) electrons. The van der Waals surface area contributed by atoms with Crippen LogP contribution >= 0.6 is 0 Å². The molecule has 2 saturated carbocycles. The van der Waals surface area contributed by atoms with Gasteiger partial charge in [-0.15, -0.1) is 0 Å². The molecule has 2 N–H and O–H groups in total. The second kappa shape index (κ2) is 4.86. The van der Waals surface area contributed by atoms with Crippen LogP contribution in [0.2, 0.25) is 0 Å². The summed E-state index contributed by atoms with van der Waals surface area (Å²) in [5.41, 5.74) is 9.69. The number of hydrogen-bond acceptors (Lipinski definition) is 3. The Hall–Kier alpha value is -1.84. The average molecular weight is 282 g/mol. The summed E-state index contributed by atoms with van der Waals surface area (Å²) in [5, 5.41) is 0. The Morgan fingerprint density at radius 1 is 1.19 bits per heavy atom. The van der Waals surface area contributed by atoms with Crippen molar-refractivity contribution in [2.24, 2.45) is 0 Å². The molecule has 2 aromatic heterocycles. The fourth-order valence-corrected chi connectivity index (χ4v) is 3.56. The minimum atomic E-state index is 0.582. The zero-order valence-electron chi connectivity index (χ0n) is 12.5. The van der Waals surface area contributed by atoms with E-state index in [-0.39, 0.29) is 0 Å². The third-order valence-corrected chi connectivity index (χ3v) is 4.90. The van der Waals surface area contributed by atoms with Gasteiger partial charge in [0.1, 0.15) is 17.3 Å². The lowest BCUT2D eigenvalue weighted by atomic mass is 10.1. The predicted molar refractivity (Wildman–Crippen MR) is 84.1 cm³/mol. The number of aryl methyl sites for hydroxylation is 1. The van der Waals surface area contributed by atoms with Crippen LogP contribution in [0.25, 0.3) is 11.3 Å². The van der Waals surface area contributed by atoms with Gasteiger partial charge in [0.05, 0.1) is 0 Å². The summed E-state index contributed by atoms with van der Waals surface area (Å²) in [6.45, 7) is 2.10. The van der Waals surface area contributed by atoms with Gasteiger partial charge in [-0.3, -0.25) is 4.98 Å². The van der Waals surface area contributed by atoms with Crippen LogP contribution in [0.15, 0.2) is 18.5 Å². The molecule has 2 heterocycles. The summed E-state index contributed by atoms with van der Waals surface area (Å²) in [5.74, 6) is 2.67. The molecule has 2 aromatic rings. The first kappa shape index (κ1) is 12.9. The van der Waals surface area contributed by atoms with Gasteiger partial charge in [-0.2, -0.15) is 0 Å². The van der Waals surface area contributed by atoms with E-state index in [0.29, 0.717) is 12.0 Å². The van der Waals surface area contributed by atoms with Crippen LogP contribution in [0.5, 0.6) is 0 Å². The fourth-order valence-electron chi connectivity index (χ4n) is 3.56. The zero-order chi connectivity index (χ0) is 14.4. The number of nitrogens with two attached hydrogens (primary N) is 1. The van der Waals surface area contributed by atoms with Crippen LogP contribution in [0, 0.1) is 6.92 Å². The highest BCUT2D eigenvalue weighted by atomic mass is 15.2. The Morgan fingerprint density at radius 2 is 1.95 bits per heavy atom. The zero-order valence-corrected chi connectivity index (χ0v) is 12.5. The highest BCUT2D eigenvalue weighted by molar-refractivity contribution is 5.73. The van der Waals surface area contributed by atoms with E-state index in [1.807, 2.05) is 18.5 Å². The van der Waals surface area contributed by atoms with E-state index in [0.717, 1.165) is 17.1 Å². The number of rotatable bonds is 3. The maximum absolute atomic E-state index is 6.49. The first-order valence-electron chi connectivity index (χ1n) is 8.04. The number of anilines is 1. The molecule has 0 bridgehead atoms. The van der Waals surface area contributed by atoms with E-state index in [2.05, 4.69) is 16.5 Å². The Morgan fingerprint density at radius 3 is 2.62 bits per heavy atom. The molecule has 110 valence electrons. The summed E-state index contributed by atoms with van der Waals surface area (Å²) >= 11 is 0. The molecule has 0 aliphatic heterocycles. The lowest BCUT2D eigenvalue weighted by Gasteiger charge is -2.12. The number of imidazole rings is 1. The Kier molecular flexibility index (Phi) is 2.98. The van der Waals surface area contributed by atoms with Crippen molar-refractivity contribution in [2.45, 2.75) is 57.4 Å². The topological polar surface area (TPSA) is 56.7 Å². The van der Waals surface area contributed by atoms with Crippen molar-refractivity contribution in [3.05, 3.63) is 29.8 Å². The van der Waals surface area contributed by atoms with E-state index < -0.39 is 0 Å². The van der Waals surface area contributed by atoms with Crippen LogP contribution in [0.4, 0.5) is 5.82 Å². The Bertz CT molecular complexity index is 663. The molecular weight excluding hydrogens is 260 g/mol. The smallest absolute Gasteiger partial charge is 0.132 e. The molecule has 0 aromatic carbocycles. The maximum Gasteiger partial charge on any atom is 0.132 e. The molecule has 21 heavy (non-hydrogen) atoms. The standard InChI is InChI=1S/C17H22N4/c1-11-8-9-19-10-14(11)15-16(18)21(13-6-7-13)17(20-15)12-4-2-3-5-12/h8-10,12-13H,2-7,18H2,1H3. The summed E-state index contributed by atoms with van der Waals surface area (Å²) in [4.78, 5) is 9.24. The molecule has 4 nitrogen and oxygen atoms in total. The van der Waals surface area contributed by atoms with Crippen molar-refractivity contribution in [3.63, 3.8) is 0 Å². The van der Waals surface area contributed by atoms with Gasteiger partial charge >= 0.3 is 0 Å². The fraction of sp³-hybridized carbons (Fsp3) is 0.529.